The van der Waals surface area contributed by atoms with Crippen LogP contribution in [0.1, 0.15) is 23.1 Å². The Morgan fingerprint density at radius 2 is 2.15 bits per heavy atom. The quantitative estimate of drug-likeness (QED) is 0.692. The molecule has 0 unspecified atom stereocenters. The van der Waals surface area contributed by atoms with Gasteiger partial charge >= 0.3 is 0 Å². The van der Waals surface area contributed by atoms with Crippen molar-refractivity contribution in [2.24, 2.45) is 5.73 Å². The van der Waals surface area contributed by atoms with Gasteiger partial charge in [0.15, 0.2) is 0 Å². The highest BCUT2D eigenvalue weighted by Crippen LogP contribution is 2.25. The lowest BCUT2D eigenvalue weighted by atomic mass is 9.89. The van der Waals surface area contributed by atoms with Crippen LogP contribution in [-0.2, 0) is 6.42 Å². The van der Waals surface area contributed by atoms with Gasteiger partial charge in [0.25, 0.3) is 0 Å². The number of aryl methyl sites for hydroxylation is 1. The van der Waals surface area contributed by atoms with Gasteiger partial charge in [0.2, 0.25) is 0 Å². The minimum Gasteiger partial charge on any atom is -0.327 e. The van der Waals surface area contributed by atoms with Gasteiger partial charge in [-0.1, -0.05) is 29.8 Å². The van der Waals surface area contributed by atoms with Crippen LogP contribution in [0.15, 0.2) is 23.8 Å². The topological polar surface area (TPSA) is 26.0 Å². The van der Waals surface area contributed by atoms with Crippen molar-refractivity contribution in [2.45, 2.75) is 19.8 Å². The number of fused-ring (bicyclic) bond motifs is 1. The summed E-state index contributed by atoms with van der Waals surface area (Å²) in [6, 6.07) is 6.47. The van der Waals surface area contributed by atoms with Crippen LogP contribution in [0.4, 0.5) is 0 Å². The van der Waals surface area contributed by atoms with Crippen molar-refractivity contribution < 1.29 is 0 Å². The van der Waals surface area contributed by atoms with Gasteiger partial charge in [-0.15, -0.1) is 0 Å². The van der Waals surface area contributed by atoms with E-state index in [1.165, 1.54) is 22.3 Å². The Morgan fingerprint density at radius 3 is 2.92 bits per heavy atom. The molecule has 1 aromatic carbocycles. The van der Waals surface area contributed by atoms with E-state index in [2.05, 4.69) is 31.2 Å². The van der Waals surface area contributed by atoms with E-state index in [0.717, 1.165) is 12.8 Å². The Balaban J connectivity index is 2.47. The Labute approximate surface area is 79.3 Å². The summed E-state index contributed by atoms with van der Waals surface area (Å²) >= 11 is 0. The first-order valence-corrected chi connectivity index (χ1v) is 4.79. The standard InChI is InChI=1S/C12H15N/c1-9-3-2-4-11-7-10(8-13)5-6-12(9)11/h2-4,7H,5-6,8,13H2,1H3. The van der Waals surface area contributed by atoms with Gasteiger partial charge in [0.05, 0.1) is 0 Å². The molecule has 68 valence electrons. The maximum absolute atomic E-state index is 5.63. The lowest BCUT2D eigenvalue weighted by molar-refractivity contribution is 0.885. The Hall–Kier alpha value is -1.08. The third-order valence-corrected chi connectivity index (χ3v) is 2.76. The molecule has 1 nitrogen and oxygen atoms in total. The number of nitrogens with two attached hydrogens (primary N) is 1. The van der Waals surface area contributed by atoms with E-state index in [1.807, 2.05) is 0 Å². The van der Waals surface area contributed by atoms with E-state index in [0.29, 0.717) is 6.54 Å². The molecule has 0 heterocycles. The van der Waals surface area contributed by atoms with Crippen LogP contribution < -0.4 is 5.73 Å². The smallest absolute Gasteiger partial charge is 0.0140 e. The predicted molar refractivity (Wildman–Crippen MR) is 56.5 cm³/mol. The molecule has 0 amide bonds. The molecular formula is C12H15N. The fourth-order valence-corrected chi connectivity index (χ4v) is 1.94. The number of hydrogen-bond acceptors (Lipinski definition) is 1. The van der Waals surface area contributed by atoms with Gasteiger partial charge in [-0.05, 0) is 36.5 Å². The van der Waals surface area contributed by atoms with E-state index >= 15 is 0 Å². The highest BCUT2D eigenvalue weighted by atomic mass is 14.5. The molecule has 0 radical (unpaired) electrons. The van der Waals surface area contributed by atoms with Crippen LogP contribution in [0.2, 0.25) is 0 Å². The second-order valence-electron chi connectivity index (χ2n) is 3.65. The molecule has 1 heteroatoms. The van der Waals surface area contributed by atoms with Crippen molar-refractivity contribution in [1.29, 1.82) is 0 Å². The molecule has 0 aromatic heterocycles. The molecule has 0 spiro atoms. The molecule has 1 aromatic rings. The monoisotopic (exact) mass is 173 g/mol. The van der Waals surface area contributed by atoms with E-state index in [4.69, 9.17) is 5.73 Å². The lowest BCUT2D eigenvalue weighted by Gasteiger charge is -2.17. The van der Waals surface area contributed by atoms with E-state index in [-0.39, 0.29) is 0 Å². The second kappa shape index (κ2) is 3.35. The van der Waals surface area contributed by atoms with Gasteiger partial charge in [-0.3, -0.25) is 0 Å². The molecule has 1 aliphatic rings. The summed E-state index contributed by atoms with van der Waals surface area (Å²) in [4.78, 5) is 0. The van der Waals surface area contributed by atoms with Crippen LogP contribution >= 0.6 is 0 Å². The van der Waals surface area contributed by atoms with Gasteiger partial charge in [-0.25, -0.2) is 0 Å². The van der Waals surface area contributed by atoms with Crippen LogP contribution in [0.25, 0.3) is 6.08 Å². The van der Waals surface area contributed by atoms with Crippen LogP contribution in [0.5, 0.6) is 0 Å². The highest BCUT2D eigenvalue weighted by molar-refractivity contribution is 5.61. The maximum Gasteiger partial charge on any atom is 0.0140 e. The summed E-state index contributed by atoms with van der Waals surface area (Å²) in [7, 11) is 0. The van der Waals surface area contributed by atoms with Crippen molar-refractivity contribution in [3.63, 3.8) is 0 Å². The number of rotatable bonds is 1. The van der Waals surface area contributed by atoms with Crippen molar-refractivity contribution in [3.8, 4) is 0 Å². The first-order valence-electron chi connectivity index (χ1n) is 4.79. The molecule has 0 saturated carbocycles. The fraction of sp³-hybridized carbons (Fsp3) is 0.333. The van der Waals surface area contributed by atoms with Crippen molar-refractivity contribution >= 4 is 6.08 Å². The summed E-state index contributed by atoms with van der Waals surface area (Å²) in [5.41, 5.74) is 11.3. The predicted octanol–water partition coefficient (Wildman–Crippen LogP) is 2.28. The Kier molecular flexibility index (Phi) is 2.19. The third-order valence-electron chi connectivity index (χ3n) is 2.76. The highest BCUT2D eigenvalue weighted by Gasteiger charge is 2.10. The average molecular weight is 173 g/mol. The van der Waals surface area contributed by atoms with E-state index < -0.39 is 0 Å². The summed E-state index contributed by atoms with van der Waals surface area (Å²) in [6.07, 6.45) is 4.53. The van der Waals surface area contributed by atoms with Gasteiger partial charge in [0.1, 0.15) is 0 Å². The molecule has 2 rings (SSSR count). The summed E-state index contributed by atoms with van der Waals surface area (Å²) in [5, 5.41) is 0. The largest absolute Gasteiger partial charge is 0.327 e. The number of benzene rings is 1. The molecular weight excluding hydrogens is 158 g/mol. The van der Waals surface area contributed by atoms with E-state index in [9.17, 15) is 0 Å². The normalized spacial score (nSPS) is 15.1. The zero-order chi connectivity index (χ0) is 9.26. The molecule has 0 bridgehead atoms. The third kappa shape index (κ3) is 1.52. The molecule has 0 fully saturated rings. The fourth-order valence-electron chi connectivity index (χ4n) is 1.94. The lowest BCUT2D eigenvalue weighted by Crippen LogP contribution is -2.09. The van der Waals surface area contributed by atoms with Crippen LogP contribution in [0.3, 0.4) is 0 Å². The Bertz CT molecular complexity index is 350. The molecule has 0 aliphatic heterocycles. The minimum absolute atomic E-state index is 0.702. The molecule has 13 heavy (non-hydrogen) atoms. The molecule has 2 N–H and O–H groups in total. The molecule has 1 aliphatic carbocycles. The summed E-state index contributed by atoms with van der Waals surface area (Å²) in [6.45, 7) is 2.88. The number of hydrogen-bond donors (Lipinski definition) is 1. The second-order valence-corrected chi connectivity index (χ2v) is 3.65. The van der Waals surface area contributed by atoms with Crippen molar-refractivity contribution in [1.82, 2.24) is 0 Å². The van der Waals surface area contributed by atoms with Crippen molar-refractivity contribution in [3.05, 3.63) is 40.5 Å². The van der Waals surface area contributed by atoms with Crippen LogP contribution in [0, 0.1) is 6.92 Å². The van der Waals surface area contributed by atoms with Gasteiger partial charge in [0, 0.05) is 6.54 Å². The van der Waals surface area contributed by atoms with Crippen molar-refractivity contribution in [2.75, 3.05) is 6.54 Å². The summed E-state index contributed by atoms with van der Waals surface area (Å²) < 4.78 is 0. The minimum atomic E-state index is 0.702. The van der Waals surface area contributed by atoms with Crippen LogP contribution in [-0.4, -0.2) is 6.54 Å². The first-order chi connectivity index (χ1) is 6.31. The zero-order valence-corrected chi connectivity index (χ0v) is 8.01. The van der Waals surface area contributed by atoms with Gasteiger partial charge in [-0.2, -0.15) is 0 Å². The summed E-state index contributed by atoms with van der Waals surface area (Å²) in [5.74, 6) is 0. The Morgan fingerprint density at radius 1 is 1.31 bits per heavy atom. The SMILES string of the molecule is Cc1cccc2c1CCC(CN)=C2. The molecule has 0 saturated heterocycles. The first kappa shape index (κ1) is 8.52. The van der Waals surface area contributed by atoms with E-state index in [1.54, 1.807) is 0 Å². The maximum atomic E-state index is 5.63. The molecule has 0 atom stereocenters. The van der Waals surface area contributed by atoms with Gasteiger partial charge < -0.3 is 5.73 Å². The average Bonchev–Trinajstić information content (AvgIpc) is 2.18. The zero-order valence-electron chi connectivity index (χ0n) is 8.01.